The fourth-order valence-corrected chi connectivity index (χ4v) is 0.966. The molecule has 0 unspecified atom stereocenters. The van der Waals surface area contributed by atoms with Gasteiger partial charge in [-0.25, -0.2) is 0 Å². The first-order chi connectivity index (χ1) is 3.93. The van der Waals surface area contributed by atoms with E-state index in [1.165, 1.54) is 0 Å². The molecule has 0 N–H and O–H groups in total. The molecular formula is C6H7OS+. The highest BCUT2D eigenvalue weighted by molar-refractivity contribution is 7.07. The third-order valence-electron chi connectivity index (χ3n) is 0.857. The van der Waals surface area contributed by atoms with Crippen molar-refractivity contribution in [2.24, 2.45) is 0 Å². The summed E-state index contributed by atoms with van der Waals surface area (Å²) < 4.78 is 4.92. The lowest BCUT2D eigenvalue weighted by Crippen LogP contribution is -1.94. The minimum atomic E-state index is 0.920. The summed E-state index contributed by atoms with van der Waals surface area (Å²) in [4.78, 5) is 0. The Hall–Kier alpha value is -0.630. The molecule has 0 atom stereocenters. The SMILES string of the molecule is C[O+]=c1ccscc1. The lowest BCUT2D eigenvalue weighted by Gasteiger charge is -1.68. The van der Waals surface area contributed by atoms with Crippen molar-refractivity contribution in [3.8, 4) is 0 Å². The number of hydrogen-bond donors (Lipinski definition) is 0. The quantitative estimate of drug-likeness (QED) is 0.465. The number of hydrogen-bond acceptors (Lipinski definition) is 1. The maximum atomic E-state index is 4.92. The van der Waals surface area contributed by atoms with E-state index in [9.17, 15) is 0 Å². The van der Waals surface area contributed by atoms with Crippen LogP contribution in [0.3, 0.4) is 0 Å². The van der Waals surface area contributed by atoms with Crippen LogP contribution in [0.4, 0.5) is 0 Å². The van der Waals surface area contributed by atoms with E-state index >= 15 is 0 Å². The molecule has 1 aromatic heterocycles. The van der Waals surface area contributed by atoms with Crippen LogP contribution in [0.15, 0.2) is 27.3 Å². The Morgan fingerprint density at radius 2 is 2.00 bits per heavy atom. The van der Waals surface area contributed by atoms with E-state index in [1.807, 2.05) is 22.9 Å². The van der Waals surface area contributed by atoms with Crippen LogP contribution >= 0.6 is 11.3 Å². The second-order valence-electron chi connectivity index (χ2n) is 1.35. The predicted octanol–water partition coefficient (Wildman–Crippen LogP) is 1.27. The van der Waals surface area contributed by atoms with E-state index in [0.29, 0.717) is 0 Å². The van der Waals surface area contributed by atoms with E-state index in [1.54, 1.807) is 18.4 Å². The molecule has 0 fully saturated rings. The molecule has 0 aliphatic heterocycles. The van der Waals surface area contributed by atoms with E-state index in [2.05, 4.69) is 0 Å². The van der Waals surface area contributed by atoms with E-state index in [0.717, 1.165) is 5.43 Å². The highest BCUT2D eigenvalue weighted by atomic mass is 32.1. The molecule has 0 saturated carbocycles. The second kappa shape index (κ2) is 2.62. The van der Waals surface area contributed by atoms with Crippen LogP contribution in [0.2, 0.25) is 0 Å². The van der Waals surface area contributed by atoms with Gasteiger partial charge in [0, 0.05) is 10.8 Å². The highest BCUT2D eigenvalue weighted by Gasteiger charge is 1.82. The largest absolute Gasteiger partial charge is 0.344 e. The van der Waals surface area contributed by atoms with Gasteiger partial charge in [0.05, 0.1) is 12.1 Å². The molecule has 0 spiro atoms. The number of rotatable bonds is 0. The molecule has 0 aromatic carbocycles. The molecule has 1 heterocycles. The molecule has 0 amide bonds. The average molecular weight is 127 g/mol. The van der Waals surface area contributed by atoms with Gasteiger partial charge in [-0.05, 0) is 0 Å². The molecule has 0 aliphatic carbocycles. The lowest BCUT2D eigenvalue weighted by molar-refractivity contribution is 1.53. The minimum Gasteiger partial charge on any atom is -0.258 e. The summed E-state index contributed by atoms with van der Waals surface area (Å²) in [6, 6.07) is 3.87. The first-order valence-corrected chi connectivity index (χ1v) is 3.27. The Morgan fingerprint density at radius 1 is 1.38 bits per heavy atom. The van der Waals surface area contributed by atoms with Gasteiger partial charge in [-0.2, -0.15) is 11.3 Å². The summed E-state index contributed by atoms with van der Waals surface area (Å²) in [7, 11) is 1.67. The summed E-state index contributed by atoms with van der Waals surface area (Å²) in [5, 5.41) is 3.97. The molecule has 0 radical (unpaired) electrons. The summed E-state index contributed by atoms with van der Waals surface area (Å²) >= 11 is 1.65. The van der Waals surface area contributed by atoms with Crippen molar-refractivity contribution in [1.29, 1.82) is 0 Å². The molecule has 2 heteroatoms. The van der Waals surface area contributed by atoms with E-state index < -0.39 is 0 Å². The maximum Gasteiger partial charge on any atom is 0.344 e. The van der Waals surface area contributed by atoms with E-state index in [4.69, 9.17) is 4.42 Å². The van der Waals surface area contributed by atoms with Gasteiger partial charge in [0.25, 0.3) is 7.11 Å². The Balaban J connectivity index is 3.20. The molecule has 0 saturated heterocycles. The monoisotopic (exact) mass is 127 g/mol. The smallest absolute Gasteiger partial charge is 0.258 e. The van der Waals surface area contributed by atoms with Gasteiger partial charge in [-0.15, -0.1) is 0 Å². The second-order valence-corrected chi connectivity index (χ2v) is 2.16. The first kappa shape index (κ1) is 5.51. The van der Waals surface area contributed by atoms with Gasteiger partial charge in [0.15, 0.2) is 0 Å². The zero-order valence-corrected chi connectivity index (χ0v) is 5.44. The van der Waals surface area contributed by atoms with Crippen molar-refractivity contribution in [2.75, 3.05) is 7.11 Å². The first-order valence-electron chi connectivity index (χ1n) is 2.33. The van der Waals surface area contributed by atoms with Crippen LogP contribution in [-0.4, -0.2) is 7.11 Å². The van der Waals surface area contributed by atoms with E-state index in [-0.39, 0.29) is 0 Å². The van der Waals surface area contributed by atoms with Gasteiger partial charge in [0.2, 0.25) is 0 Å². The van der Waals surface area contributed by atoms with Gasteiger partial charge < -0.3 is 0 Å². The lowest BCUT2D eigenvalue weighted by atomic mass is 10.6. The van der Waals surface area contributed by atoms with Crippen molar-refractivity contribution in [1.82, 2.24) is 0 Å². The van der Waals surface area contributed by atoms with Gasteiger partial charge in [0.1, 0.15) is 0 Å². The third-order valence-corrected chi connectivity index (χ3v) is 1.44. The van der Waals surface area contributed by atoms with Crippen molar-refractivity contribution < 1.29 is 0 Å². The molecule has 8 heavy (non-hydrogen) atoms. The summed E-state index contributed by atoms with van der Waals surface area (Å²) in [6.07, 6.45) is 0. The van der Waals surface area contributed by atoms with Gasteiger partial charge in [-0.1, -0.05) is 0 Å². The molecule has 42 valence electrons. The molecule has 0 bridgehead atoms. The molecule has 1 rings (SSSR count). The Morgan fingerprint density at radius 3 is 2.38 bits per heavy atom. The van der Waals surface area contributed by atoms with Gasteiger partial charge in [-0.3, -0.25) is 4.42 Å². The third kappa shape index (κ3) is 1.17. The predicted molar refractivity (Wildman–Crippen MR) is 36.5 cm³/mol. The summed E-state index contributed by atoms with van der Waals surface area (Å²) in [5.74, 6) is 0. The van der Waals surface area contributed by atoms with Crippen LogP contribution < -0.4 is 5.43 Å². The molecular weight excluding hydrogens is 120 g/mol. The fraction of sp³-hybridized carbons (Fsp3) is 0.167. The van der Waals surface area contributed by atoms with Gasteiger partial charge >= 0.3 is 5.43 Å². The molecule has 1 nitrogen and oxygen atoms in total. The van der Waals surface area contributed by atoms with Crippen LogP contribution in [0, 0.1) is 0 Å². The van der Waals surface area contributed by atoms with Crippen molar-refractivity contribution in [3.05, 3.63) is 32.7 Å². The molecule has 0 aliphatic rings. The Kier molecular flexibility index (Phi) is 1.80. The van der Waals surface area contributed by atoms with Crippen molar-refractivity contribution in [3.63, 3.8) is 0 Å². The topological polar surface area (TPSA) is 11.3 Å². The Bertz CT molecular complexity index is 196. The summed E-state index contributed by atoms with van der Waals surface area (Å²) in [6.45, 7) is 0. The standard InChI is InChI=1S/C6H7OS/c1-7-6-2-4-8-5-3-6/h2-5H,1H3/q+1. The zero-order valence-electron chi connectivity index (χ0n) is 4.63. The van der Waals surface area contributed by atoms with Crippen molar-refractivity contribution >= 4 is 11.3 Å². The zero-order chi connectivity index (χ0) is 5.82. The highest BCUT2D eigenvalue weighted by Crippen LogP contribution is 1.85. The molecule has 1 aromatic rings. The Labute approximate surface area is 51.9 Å². The van der Waals surface area contributed by atoms with Crippen LogP contribution in [0.5, 0.6) is 0 Å². The van der Waals surface area contributed by atoms with Crippen LogP contribution in [0.25, 0.3) is 0 Å². The fourth-order valence-electron chi connectivity index (χ4n) is 0.450. The van der Waals surface area contributed by atoms with Crippen LogP contribution in [-0.2, 0) is 0 Å². The minimum absolute atomic E-state index is 0.920. The average Bonchev–Trinajstić information content (AvgIpc) is 1.90. The van der Waals surface area contributed by atoms with Crippen molar-refractivity contribution in [2.45, 2.75) is 0 Å². The van der Waals surface area contributed by atoms with Crippen LogP contribution in [0.1, 0.15) is 0 Å². The summed E-state index contributed by atoms with van der Waals surface area (Å²) in [5.41, 5.74) is 0.920. The normalized spacial score (nSPS) is 8.62. The maximum absolute atomic E-state index is 4.92.